The summed E-state index contributed by atoms with van der Waals surface area (Å²) in [5.74, 6) is 0. The summed E-state index contributed by atoms with van der Waals surface area (Å²) in [4.78, 5) is 1.83. The van der Waals surface area contributed by atoms with Crippen LogP contribution < -0.4 is 10.3 Å². The summed E-state index contributed by atoms with van der Waals surface area (Å²) < 4.78 is 29.0. The molecule has 0 aromatic carbocycles. The van der Waals surface area contributed by atoms with Crippen LogP contribution in [0.2, 0.25) is 0 Å². The van der Waals surface area contributed by atoms with Crippen molar-refractivity contribution in [3.63, 3.8) is 0 Å². The van der Waals surface area contributed by atoms with Crippen LogP contribution in [0.3, 0.4) is 0 Å². The van der Waals surface area contributed by atoms with E-state index in [2.05, 4.69) is 12.3 Å². The van der Waals surface area contributed by atoms with Gasteiger partial charge in [0.1, 0.15) is 0 Å². The van der Waals surface area contributed by atoms with E-state index < -0.39 is 10.3 Å². The molecule has 0 saturated heterocycles. The quantitative estimate of drug-likeness (QED) is 0.275. The van der Waals surface area contributed by atoms with Gasteiger partial charge in [0.25, 0.3) is 0 Å². The highest BCUT2D eigenvalue weighted by molar-refractivity contribution is 7.83. The molecule has 110 valence electrons. The molecule has 5 nitrogen and oxygen atoms in total. The molecule has 0 unspecified atom stereocenters. The molecule has 0 amide bonds. The van der Waals surface area contributed by atoms with Crippen LogP contribution in [0.15, 0.2) is 0 Å². The second kappa shape index (κ2) is 11.9. The van der Waals surface area contributed by atoms with Crippen molar-refractivity contribution >= 4 is 10.3 Å². The molecule has 0 aromatic rings. The standard InChI is InChI=1S/C12H28N2O3S/c1-2-3-4-5-6-7-8-9-10-11-12-13-14-18(15,16)17/h13-14H,2-12H2,1H3,(H,15,16,17). The smallest absolute Gasteiger partial charge is 0.273 e. The van der Waals surface area contributed by atoms with E-state index >= 15 is 0 Å². The molecule has 6 heteroatoms. The Morgan fingerprint density at radius 1 is 0.833 bits per heavy atom. The molecule has 0 aromatic heterocycles. The van der Waals surface area contributed by atoms with E-state index in [9.17, 15) is 8.42 Å². The highest BCUT2D eigenvalue weighted by Gasteiger charge is 1.99. The van der Waals surface area contributed by atoms with Crippen LogP contribution in [-0.4, -0.2) is 19.5 Å². The molecular weight excluding hydrogens is 252 g/mol. The third-order valence-electron chi connectivity index (χ3n) is 2.86. The van der Waals surface area contributed by atoms with Gasteiger partial charge in [0, 0.05) is 6.54 Å². The highest BCUT2D eigenvalue weighted by Crippen LogP contribution is 2.10. The molecule has 0 aliphatic rings. The molecule has 3 N–H and O–H groups in total. The molecule has 0 heterocycles. The lowest BCUT2D eigenvalue weighted by molar-refractivity contribution is 0.448. The number of nitrogens with one attached hydrogen (secondary N) is 2. The Hall–Kier alpha value is -0.170. The van der Waals surface area contributed by atoms with Gasteiger partial charge < -0.3 is 0 Å². The van der Waals surface area contributed by atoms with Crippen molar-refractivity contribution in [2.24, 2.45) is 0 Å². The van der Waals surface area contributed by atoms with Gasteiger partial charge in [-0.2, -0.15) is 8.42 Å². The van der Waals surface area contributed by atoms with Gasteiger partial charge in [-0.1, -0.05) is 64.7 Å². The van der Waals surface area contributed by atoms with Gasteiger partial charge in [-0.3, -0.25) is 4.55 Å². The monoisotopic (exact) mass is 280 g/mol. The van der Waals surface area contributed by atoms with Crippen molar-refractivity contribution in [3.8, 4) is 0 Å². The lowest BCUT2D eigenvalue weighted by atomic mass is 10.1. The first-order chi connectivity index (χ1) is 8.56. The minimum absolute atomic E-state index is 0.552. The summed E-state index contributed by atoms with van der Waals surface area (Å²) in [6, 6.07) is 0. The number of rotatable bonds is 13. The maximum absolute atomic E-state index is 10.3. The molecular formula is C12H28N2O3S. The van der Waals surface area contributed by atoms with E-state index in [4.69, 9.17) is 4.55 Å². The van der Waals surface area contributed by atoms with Crippen molar-refractivity contribution in [1.29, 1.82) is 0 Å². The Balaban J connectivity index is 3.03. The number of unbranched alkanes of at least 4 members (excludes halogenated alkanes) is 9. The molecule has 0 radical (unpaired) electrons. The third-order valence-corrected chi connectivity index (χ3v) is 3.26. The molecule has 0 aliphatic heterocycles. The highest BCUT2D eigenvalue weighted by atomic mass is 32.2. The van der Waals surface area contributed by atoms with Crippen molar-refractivity contribution in [3.05, 3.63) is 0 Å². The lowest BCUT2D eigenvalue weighted by Gasteiger charge is -2.04. The zero-order valence-electron chi connectivity index (χ0n) is 11.5. The topological polar surface area (TPSA) is 78.4 Å². The van der Waals surface area contributed by atoms with Gasteiger partial charge in [0.05, 0.1) is 0 Å². The molecule has 0 fully saturated rings. The summed E-state index contributed by atoms with van der Waals surface area (Å²) in [6.45, 7) is 2.78. The average molecular weight is 280 g/mol. The predicted octanol–water partition coefficient (Wildman–Crippen LogP) is 2.80. The molecule has 0 aliphatic carbocycles. The van der Waals surface area contributed by atoms with Crippen LogP contribution in [0.25, 0.3) is 0 Å². The maximum Gasteiger partial charge on any atom is 0.346 e. The second-order valence-electron chi connectivity index (χ2n) is 4.69. The van der Waals surface area contributed by atoms with Gasteiger partial charge in [-0.05, 0) is 6.42 Å². The number of hydrogen-bond donors (Lipinski definition) is 3. The normalized spacial score (nSPS) is 11.9. The van der Waals surface area contributed by atoms with E-state index in [1.807, 2.05) is 4.83 Å². The first-order valence-electron chi connectivity index (χ1n) is 7.03. The van der Waals surface area contributed by atoms with Crippen LogP contribution in [0.1, 0.15) is 71.1 Å². The van der Waals surface area contributed by atoms with Gasteiger partial charge >= 0.3 is 10.3 Å². The van der Waals surface area contributed by atoms with E-state index in [0.717, 1.165) is 12.8 Å². The van der Waals surface area contributed by atoms with Crippen LogP contribution >= 0.6 is 0 Å². The van der Waals surface area contributed by atoms with E-state index in [1.165, 1.54) is 51.4 Å². The van der Waals surface area contributed by atoms with E-state index in [1.54, 1.807) is 0 Å². The Morgan fingerprint density at radius 2 is 1.28 bits per heavy atom. The fourth-order valence-corrected chi connectivity index (χ4v) is 2.13. The van der Waals surface area contributed by atoms with Crippen molar-refractivity contribution in [1.82, 2.24) is 10.3 Å². The van der Waals surface area contributed by atoms with Crippen LogP contribution in [0.5, 0.6) is 0 Å². The summed E-state index contributed by atoms with van der Waals surface area (Å²) in [7, 11) is -4.10. The molecule has 0 saturated carbocycles. The van der Waals surface area contributed by atoms with Crippen molar-refractivity contribution in [2.45, 2.75) is 71.1 Å². The fraction of sp³-hybridized carbons (Fsp3) is 1.00. The first kappa shape index (κ1) is 17.8. The Labute approximate surface area is 112 Å². The second-order valence-corrected chi connectivity index (χ2v) is 5.84. The first-order valence-corrected chi connectivity index (χ1v) is 8.47. The van der Waals surface area contributed by atoms with Gasteiger partial charge in [0.2, 0.25) is 0 Å². The van der Waals surface area contributed by atoms with Crippen LogP contribution in [0.4, 0.5) is 0 Å². The van der Waals surface area contributed by atoms with E-state index in [-0.39, 0.29) is 0 Å². The minimum atomic E-state index is -4.10. The molecule has 0 bridgehead atoms. The average Bonchev–Trinajstić information content (AvgIpc) is 2.29. The summed E-state index contributed by atoms with van der Waals surface area (Å²) in [6.07, 6.45) is 12.5. The molecule has 0 atom stereocenters. The zero-order chi connectivity index (χ0) is 13.7. The van der Waals surface area contributed by atoms with Gasteiger partial charge in [0.15, 0.2) is 0 Å². The van der Waals surface area contributed by atoms with Gasteiger partial charge in [-0.15, -0.1) is 4.83 Å². The summed E-state index contributed by atoms with van der Waals surface area (Å²) in [5.41, 5.74) is 2.46. The van der Waals surface area contributed by atoms with E-state index in [0.29, 0.717) is 6.54 Å². The molecule has 18 heavy (non-hydrogen) atoms. The largest absolute Gasteiger partial charge is 0.346 e. The lowest BCUT2D eigenvalue weighted by Crippen LogP contribution is -2.37. The summed E-state index contributed by atoms with van der Waals surface area (Å²) in [5, 5.41) is 0. The predicted molar refractivity (Wildman–Crippen MR) is 74.5 cm³/mol. The van der Waals surface area contributed by atoms with Crippen LogP contribution in [-0.2, 0) is 10.3 Å². The Kier molecular flexibility index (Phi) is 11.8. The SMILES string of the molecule is CCCCCCCCCCCCNNS(=O)(=O)O. The number of hydrazine groups is 1. The molecule has 0 rings (SSSR count). The number of hydrogen-bond acceptors (Lipinski definition) is 3. The van der Waals surface area contributed by atoms with Crippen LogP contribution in [0, 0.1) is 0 Å². The molecule has 0 spiro atoms. The third kappa shape index (κ3) is 15.8. The fourth-order valence-electron chi connectivity index (χ4n) is 1.84. The maximum atomic E-state index is 10.3. The summed E-state index contributed by atoms with van der Waals surface area (Å²) >= 11 is 0. The van der Waals surface area contributed by atoms with Gasteiger partial charge in [-0.25, -0.2) is 5.43 Å². The Bertz CT molecular complexity index is 268. The zero-order valence-corrected chi connectivity index (χ0v) is 12.3. The van der Waals surface area contributed by atoms with Crippen molar-refractivity contribution in [2.75, 3.05) is 6.54 Å². The minimum Gasteiger partial charge on any atom is -0.273 e. The Morgan fingerprint density at radius 3 is 1.72 bits per heavy atom. The van der Waals surface area contributed by atoms with Crippen molar-refractivity contribution < 1.29 is 13.0 Å².